The summed E-state index contributed by atoms with van der Waals surface area (Å²) in [7, 11) is 1.01. The Morgan fingerprint density at radius 1 is 1.09 bits per heavy atom. The lowest BCUT2D eigenvalue weighted by atomic mass is 9.88. The summed E-state index contributed by atoms with van der Waals surface area (Å²) < 4.78 is 77.3. The maximum absolute atomic E-state index is 15.3. The summed E-state index contributed by atoms with van der Waals surface area (Å²) in [6, 6.07) is 7.82. The van der Waals surface area contributed by atoms with E-state index in [9.17, 15) is 22.7 Å². The minimum Gasteiger partial charge on any atom is -0.491 e. The Balaban J connectivity index is 2.25. The summed E-state index contributed by atoms with van der Waals surface area (Å²) in [6.07, 6.45) is -5.15. The van der Waals surface area contributed by atoms with E-state index in [1.807, 2.05) is 0 Å². The normalized spacial score (nSPS) is 14.8. The van der Waals surface area contributed by atoms with Crippen molar-refractivity contribution in [2.75, 3.05) is 18.2 Å². The first-order chi connectivity index (χ1) is 15.9. The molecule has 0 amide bonds. The highest BCUT2D eigenvalue weighted by molar-refractivity contribution is 7.99. The predicted molar refractivity (Wildman–Crippen MR) is 124 cm³/mol. The number of rotatable bonds is 8. The van der Waals surface area contributed by atoms with Crippen LogP contribution in [0, 0.1) is 18.6 Å². The Morgan fingerprint density at radius 3 is 2.41 bits per heavy atom. The van der Waals surface area contributed by atoms with Crippen LogP contribution in [0.4, 0.5) is 27.6 Å². The lowest BCUT2D eigenvalue weighted by Crippen LogP contribution is -2.55. The molecule has 34 heavy (non-hydrogen) atoms. The van der Waals surface area contributed by atoms with E-state index in [2.05, 4.69) is 10.3 Å². The van der Waals surface area contributed by atoms with Crippen LogP contribution in [0.5, 0.6) is 5.75 Å². The molecule has 1 aromatic heterocycles. The quantitative estimate of drug-likeness (QED) is 0.350. The second-order valence-corrected chi connectivity index (χ2v) is 9.73. The molecule has 1 heterocycles. The average Bonchev–Trinajstić information content (AvgIpc) is 2.75. The van der Waals surface area contributed by atoms with Crippen LogP contribution in [-0.4, -0.2) is 40.0 Å². The molecule has 2 unspecified atom stereocenters. The molecule has 0 spiro atoms. The molecule has 0 aliphatic carbocycles. The molecule has 0 bridgehead atoms. The van der Waals surface area contributed by atoms with E-state index in [0.717, 1.165) is 31.0 Å². The third kappa shape index (κ3) is 5.07. The smallest absolute Gasteiger partial charge is 0.420 e. The van der Waals surface area contributed by atoms with Crippen molar-refractivity contribution in [3.8, 4) is 5.75 Å². The van der Waals surface area contributed by atoms with E-state index in [1.165, 1.54) is 6.07 Å². The van der Waals surface area contributed by atoms with Gasteiger partial charge in [0, 0.05) is 28.1 Å². The number of pyridine rings is 1. The fraction of sp³-hybridized carbons (Fsp3) is 0.375. The Bertz CT molecular complexity index is 1170. The molecule has 184 valence electrons. The third-order valence-corrected chi connectivity index (χ3v) is 6.64. The van der Waals surface area contributed by atoms with Gasteiger partial charge in [-0.2, -0.15) is 24.9 Å². The number of aromatic nitrogens is 1. The lowest BCUT2D eigenvalue weighted by molar-refractivity contribution is -0.256. The number of hydrogen-bond donors (Lipinski definition) is 2. The van der Waals surface area contributed by atoms with E-state index in [0.29, 0.717) is 16.6 Å². The number of ether oxygens (including phenoxy) is 1. The van der Waals surface area contributed by atoms with Gasteiger partial charge in [0.15, 0.2) is 23.0 Å². The van der Waals surface area contributed by atoms with Crippen molar-refractivity contribution < 1.29 is 31.8 Å². The van der Waals surface area contributed by atoms with Crippen LogP contribution < -0.4 is 10.1 Å². The number of benzene rings is 2. The molecule has 0 aliphatic rings. The van der Waals surface area contributed by atoms with Crippen molar-refractivity contribution in [3.63, 3.8) is 0 Å². The number of halogens is 5. The first-order valence-corrected chi connectivity index (χ1v) is 11.5. The van der Waals surface area contributed by atoms with Gasteiger partial charge >= 0.3 is 6.18 Å². The first-order valence-electron chi connectivity index (χ1n) is 10.4. The average molecular weight is 501 g/mol. The van der Waals surface area contributed by atoms with Crippen molar-refractivity contribution in [2.45, 2.75) is 43.8 Å². The van der Waals surface area contributed by atoms with Crippen LogP contribution in [0.3, 0.4) is 0 Å². The SMILES string of the molecule is COc1c(F)ccc(C(Nc2cccc3nc(C)ccc23)C(O)(CSC(C)C)C(F)(F)F)c1F. The second kappa shape index (κ2) is 9.95. The fourth-order valence-corrected chi connectivity index (χ4v) is 4.49. The van der Waals surface area contributed by atoms with Crippen molar-refractivity contribution in [2.24, 2.45) is 0 Å². The van der Waals surface area contributed by atoms with Gasteiger partial charge in [0.1, 0.15) is 0 Å². The van der Waals surface area contributed by atoms with Crippen molar-refractivity contribution >= 4 is 28.4 Å². The van der Waals surface area contributed by atoms with E-state index in [-0.39, 0.29) is 10.9 Å². The van der Waals surface area contributed by atoms with Crippen LogP contribution in [0.25, 0.3) is 10.9 Å². The Morgan fingerprint density at radius 2 is 1.79 bits per heavy atom. The van der Waals surface area contributed by atoms with E-state index >= 15 is 4.39 Å². The Kier molecular flexibility index (Phi) is 7.62. The number of anilines is 1. The largest absolute Gasteiger partial charge is 0.491 e. The minimum atomic E-state index is -5.15. The third-order valence-electron chi connectivity index (χ3n) is 5.37. The van der Waals surface area contributed by atoms with E-state index in [1.54, 1.807) is 45.0 Å². The molecule has 10 heteroatoms. The molecule has 2 aromatic carbocycles. The number of nitrogens with zero attached hydrogens (tertiary/aromatic N) is 1. The number of aryl methyl sites for hydroxylation is 1. The molecule has 2 N–H and O–H groups in total. The van der Waals surface area contributed by atoms with E-state index in [4.69, 9.17) is 4.74 Å². The number of aliphatic hydroxyl groups is 1. The second-order valence-electron chi connectivity index (χ2n) is 8.17. The summed E-state index contributed by atoms with van der Waals surface area (Å²) in [6.45, 7) is 5.14. The monoisotopic (exact) mass is 500 g/mol. The molecule has 0 saturated carbocycles. The fourth-order valence-electron chi connectivity index (χ4n) is 3.57. The van der Waals surface area contributed by atoms with Crippen molar-refractivity contribution in [1.82, 2.24) is 4.98 Å². The predicted octanol–water partition coefficient (Wildman–Crippen LogP) is 6.42. The van der Waals surface area contributed by atoms with Gasteiger partial charge in [0.2, 0.25) is 0 Å². The van der Waals surface area contributed by atoms with Gasteiger partial charge in [0.05, 0.1) is 18.7 Å². The summed E-state index contributed by atoms with van der Waals surface area (Å²) >= 11 is 0.873. The standard InChI is InChI=1S/C24H25F5N2O2S/c1-13(2)34-12-23(32,24(27,28)29)22(16-10-11-17(25)21(33-4)20(16)26)31-19-7-5-6-18-15(19)9-8-14(3)30-18/h5-11,13,22,31-32H,12H2,1-4H3. The van der Waals surface area contributed by atoms with Crippen LogP contribution in [-0.2, 0) is 0 Å². The summed E-state index contributed by atoms with van der Waals surface area (Å²) in [4.78, 5) is 4.37. The highest BCUT2D eigenvalue weighted by Crippen LogP contribution is 2.46. The number of thioether (sulfide) groups is 1. The van der Waals surface area contributed by atoms with Gasteiger partial charge in [-0.25, -0.2) is 8.78 Å². The van der Waals surface area contributed by atoms with Gasteiger partial charge in [-0.1, -0.05) is 26.0 Å². The zero-order chi connectivity index (χ0) is 25.3. The molecule has 0 saturated heterocycles. The van der Waals surface area contributed by atoms with Crippen LogP contribution in [0.1, 0.15) is 31.1 Å². The van der Waals surface area contributed by atoms with Gasteiger partial charge in [0.25, 0.3) is 0 Å². The highest BCUT2D eigenvalue weighted by atomic mass is 32.2. The van der Waals surface area contributed by atoms with Gasteiger partial charge in [-0.05, 0) is 42.5 Å². The molecule has 3 aromatic rings. The van der Waals surface area contributed by atoms with Gasteiger partial charge in [-0.15, -0.1) is 0 Å². The summed E-state index contributed by atoms with van der Waals surface area (Å²) in [5.74, 6) is -4.01. The number of hydrogen-bond acceptors (Lipinski definition) is 5. The molecular formula is C24H25F5N2O2S. The number of methoxy groups -OCH3 is 1. The van der Waals surface area contributed by atoms with Crippen molar-refractivity contribution in [3.05, 3.63) is 65.4 Å². The van der Waals surface area contributed by atoms with Gasteiger partial charge < -0.3 is 15.2 Å². The van der Waals surface area contributed by atoms with Crippen LogP contribution in [0.15, 0.2) is 42.5 Å². The summed E-state index contributed by atoms with van der Waals surface area (Å²) in [5, 5.41) is 14.1. The van der Waals surface area contributed by atoms with Crippen molar-refractivity contribution in [1.29, 1.82) is 0 Å². The minimum absolute atomic E-state index is 0.204. The number of fused-ring (bicyclic) bond motifs is 1. The first kappa shape index (κ1) is 26.0. The maximum Gasteiger partial charge on any atom is 0.420 e. The molecule has 2 atom stereocenters. The molecular weight excluding hydrogens is 475 g/mol. The summed E-state index contributed by atoms with van der Waals surface area (Å²) in [5.41, 5.74) is -2.58. The topological polar surface area (TPSA) is 54.4 Å². The molecule has 4 nitrogen and oxygen atoms in total. The zero-order valence-corrected chi connectivity index (χ0v) is 19.8. The number of alkyl halides is 3. The molecule has 0 radical (unpaired) electrons. The Hall–Kier alpha value is -2.59. The highest BCUT2D eigenvalue weighted by Gasteiger charge is 2.59. The molecule has 3 rings (SSSR count). The number of nitrogens with one attached hydrogen (secondary N) is 1. The van der Waals surface area contributed by atoms with E-state index < -0.39 is 46.5 Å². The molecule has 0 aliphatic heterocycles. The lowest BCUT2D eigenvalue weighted by Gasteiger charge is -2.39. The Labute approximate surface area is 198 Å². The van der Waals surface area contributed by atoms with Crippen LogP contribution >= 0.6 is 11.8 Å². The van der Waals surface area contributed by atoms with Gasteiger partial charge in [-0.3, -0.25) is 4.98 Å². The zero-order valence-electron chi connectivity index (χ0n) is 19.0. The molecule has 0 fully saturated rings. The maximum atomic E-state index is 15.3. The van der Waals surface area contributed by atoms with Crippen LogP contribution in [0.2, 0.25) is 0 Å².